The van der Waals surface area contributed by atoms with Gasteiger partial charge in [0.15, 0.2) is 5.96 Å². The van der Waals surface area contributed by atoms with Gasteiger partial charge in [-0.15, -0.1) is 24.0 Å². The maximum Gasteiger partial charge on any atom is 0.193 e. The zero-order valence-electron chi connectivity index (χ0n) is 16.2. The molecule has 2 heterocycles. The lowest BCUT2D eigenvalue weighted by atomic mass is 10.1. The van der Waals surface area contributed by atoms with Gasteiger partial charge < -0.3 is 19.7 Å². The van der Waals surface area contributed by atoms with E-state index in [1.165, 1.54) is 38.8 Å². The molecule has 0 aromatic rings. The van der Waals surface area contributed by atoms with Crippen LogP contribution in [-0.4, -0.2) is 88.5 Å². The second-order valence-electron chi connectivity index (χ2n) is 6.90. The van der Waals surface area contributed by atoms with E-state index in [-0.39, 0.29) is 24.0 Å². The highest BCUT2D eigenvalue weighted by molar-refractivity contribution is 14.0. The summed E-state index contributed by atoms with van der Waals surface area (Å²) >= 11 is 0. The number of guanidine groups is 1. The fourth-order valence-electron chi connectivity index (χ4n) is 3.73. The van der Waals surface area contributed by atoms with Crippen LogP contribution in [0.15, 0.2) is 4.99 Å². The van der Waals surface area contributed by atoms with Crippen molar-refractivity contribution in [3.8, 4) is 0 Å². The molecule has 0 aliphatic carbocycles. The zero-order valence-corrected chi connectivity index (χ0v) is 18.5. The van der Waals surface area contributed by atoms with Gasteiger partial charge in [0.25, 0.3) is 0 Å². The van der Waals surface area contributed by atoms with Crippen molar-refractivity contribution in [1.29, 1.82) is 0 Å². The first kappa shape index (κ1) is 22.9. The SMILES string of the molecule is CCC(CNC(=NC)N1CCC(COCCOC)C1)N1CCCC1.I. The van der Waals surface area contributed by atoms with Crippen LogP contribution in [0.1, 0.15) is 32.6 Å². The Morgan fingerprint density at radius 3 is 2.64 bits per heavy atom. The summed E-state index contributed by atoms with van der Waals surface area (Å²) in [6.07, 6.45) is 5.07. The molecule has 2 unspecified atom stereocenters. The molecule has 2 atom stereocenters. The average Bonchev–Trinajstić information content (AvgIpc) is 3.28. The molecule has 2 rings (SSSR count). The van der Waals surface area contributed by atoms with Gasteiger partial charge in [-0.2, -0.15) is 0 Å². The van der Waals surface area contributed by atoms with Crippen LogP contribution in [-0.2, 0) is 9.47 Å². The molecule has 6 nitrogen and oxygen atoms in total. The van der Waals surface area contributed by atoms with Gasteiger partial charge in [0.05, 0.1) is 19.8 Å². The number of ether oxygens (including phenoxy) is 2. The topological polar surface area (TPSA) is 49.3 Å². The summed E-state index contributed by atoms with van der Waals surface area (Å²) in [5, 5.41) is 3.61. The van der Waals surface area contributed by atoms with Crippen molar-refractivity contribution in [2.24, 2.45) is 10.9 Å². The van der Waals surface area contributed by atoms with Gasteiger partial charge in [-0.1, -0.05) is 6.92 Å². The highest BCUT2D eigenvalue weighted by Gasteiger charge is 2.26. The van der Waals surface area contributed by atoms with E-state index in [2.05, 4.69) is 27.0 Å². The summed E-state index contributed by atoms with van der Waals surface area (Å²) in [6.45, 7) is 10.1. The van der Waals surface area contributed by atoms with Crippen molar-refractivity contribution >= 4 is 29.9 Å². The molecule has 2 aliphatic rings. The van der Waals surface area contributed by atoms with Gasteiger partial charge in [-0.25, -0.2) is 0 Å². The van der Waals surface area contributed by atoms with Gasteiger partial charge in [0.2, 0.25) is 0 Å². The summed E-state index contributed by atoms with van der Waals surface area (Å²) in [5.41, 5.74) is 0. The van der Waals surface area contributed by atoms with E-state index in [0.29, 0.717) is 25.2 Å². The van der Waals surface area contributed by atoms with Crippen LogP contribution in [0, 0.1) is 5.92 Å². The molecule has 7 heteroatoms. The largest absolute Gasteiger partial charge is 0.382 e. The lowest BCUT2D eigenvalue weighted by molar-refractivity contribution is 0.0536. The predicted octanol–water partition coefficient (Wildman–Crippen LogP) is 2.04. The Bertz CT molecular complexity index is 378. The van der Waals surface area contributed by atoms with E-state index in [4.69, 9.17) is 9.47 Å². The molecule has 25 heavy (non-hydrogen) atoms. The smallest absolute Gasteiger partial charge is 0.193 e. The lowest BCUT2D eigenvalue weighted by Gasteiger charge is -2.29. The maximum atomic E-state index is 5.68. The van der Waals surface area contributed by atoms with Crippen LogP contribution < -0.4 is 5.32 Å². The lowest BCUT2D eigenvalue weighted by Crippen LogP contribution is -2.47. The predicted molar refractivity (Wildman–Crippen MR) is 114 cm³/mol. The van der Waals surface area contributed by atoms with Crippen molar-refractivity contribution in [2.45, 2.75) is 38.6 Å². The van der Waals surface area contributed by atoms with Gasteiger partial charge in [0.1, 0.15) is 0 Å². The van der Waals surface area contributed by atoms with E-state index in [1.54, 1.807) is 7.11 Å². The molecule has 0 aromatic carbocycles. The quantitative estimate of drug-likeness (QED) is 0.243. The number of methoxy groups -OCH3 is 1. The average molecular weight is 468 g/mol. The normalized spacial score (nSPS) is 22.9. The number of rotatable bonds is 9. The van der Waals surface area contributed by atoms with E-state index in [0.717, 1.165) is 32.2 Å². The molecule has 0 saturated carbocycles. The summed E-state index contributed by atoms with van der Waals surface area (Å²) in [6, 6.07) is 0.625. The molecule has 0 bridgehead atoms. The summed E-state index contributed by atoms with van der Waals surface area (Å²) in [5.74, 6) is 1.65. The molecular formula is C18H37IN4O2. The first-order valence-corrected chi connectivity index (χ1v) is 9.54. The van der Waals surface area contributed by atoms with Crippen molar-refractivity contribution in [2.75, 3.05) is 66.7 Å². The highest BCUT2D eigenvalue weighted by Crippen LogP contribution is 2.17. The van der Waals surface area contributed by atoms with Crippen molar-refractivity contribution in [1.82, 2.24) is 15.1 Å². The zero-order chi connectivity index (χ0) is 17.2. The Morgan fingerprint density at radius 1 is 1.24 bits per heavy atom. The molecule has 1 N–H and O–H groups in total. The van der Waals surface area contributed by atoms with Gasteiger partial charge in [0, 0.05) is 45.8 Å². The van der Waals surface area contributed by atoms with Crippen LogP contribution in [0.25, 0.3) is 0 Å². The number of nitrogens with zero attached hydrogens (tertiary/aromatic N) is 3. The van der Waals surface area contributed by atoms with Crippen molar-refractivity contribution < 1.29 is 9.47 Å². The first-order valence-electron chi connectivity index (χ1n) is 9.54. The third-order valence-corrected chi connectivity index (χ3v) is 5.21. The number of hydrogen-bond donors (Lipinski definition) is 1. The fourth-order valence-corrected chi connectivity index (χ4v) is 3.73. The number of nitrogens with one attached hydrogen (secondary N) is 1. The number of hydrogen-bond acceptors (Lipinski definition) is 4. The summed E-state index contributed by atoms with van der Waals surface area (Å²) < 4.78 is 10.7. The Hall–Kier alpha value is -0.120. The second kappa shape index (κ2) is 13.1. The maximum absolute atomic E-state index is 5.68. The minimum atomic E-state index is 0. The van der Waals surface area contributed by atoms with Crippen LogP contribution in [0.2, 0.25) is 0 Å². The first-order chi connectivity index (χ1) is 11.8. The van der Waals surface area contributed by atoms with E-state index < -0.39 is 0 Å². The molecule has 0 aromatic heterocycles. The Labute approximate surface area is 170 Å². The molecule has 2 fully saturated rings. The molecule has 0 amide bonds. The van der Waals surface area contributed by atoms with Crippen LogP contribution in [0.3, 0.4) is 0 Å². The number of likely N-dealkylation sites (tertiary alicyclic amines) is 2. The Morgan fingerprint density at radius 2 is 2.00 bits per heavy atom. The second-order valence-corrected chi connectivity index (χ2v) is 6.90. The molecule has 148 valence electrons. The highest BCUT2D eigenvalue weighted by atomic mass is 127. The summed E-state index contributed by atoms with van der Waals surface area (Å²) in [7, 11) is 3.60. The Balaban J connectivity index is 0.00000312. The fraction of sp³-hybridized carbons (Fsp3) is 0.944. The number of halogens is 1. The van der Waals surface area contributed by atoms with E-state index >= 15 is 0 Å². The molecule has 2 saturated heterocycles. The van der Waals surface area contributed by atoms with E-state index in [9.17, 15) is 0 Å². The van der Waals surface area contributed by atoms with Crippen LogP contribution >= 0.6 is 24.0 Å². The number of aliphatic imine (C=N–C) groups is 1. The van der Waals surface area contributed by atoms with Crippen LogP contribution in [0.5, 0.6) is 0 Å². The molecular weight excluding hydrogens is 431 g/mol. The van der Waals surface area contributed by atoms with Crippen molar-refractivity contribution in [3.63, 3.8) is 0 Å². The standard InChI is InChI=1S/C18H36N4O2.HI/c1-4-17(21-8-5-6-9-21)13-20-18(19-2)22-10-7-16(14-22)15-24-12-11-23-3;/h16-17H,4-15H2,1-3H3,(H,19,20);1H. The summed E-state index contributed by atoms with van der Waals surface area (Å²) in [4.78, 5) is 9.50. The van der Waals surface area contributed by atoms with Crippen molar-refractivity contribution in [3.05, 3.63) is 0 Å². The molecule has 2 aliphatic heterocycles. The van der Waals surface area contributed by atoms with Gasteiger partial charge in [-0.05, 0) is 38.8 Å². The Kier molecular flexibility index (Phi) is 12.0. The minimum Gasteiger partial charge on any atom is -0.382 e. The van der Waals surface area contributed by atoms with Crippen LogP contribution in [0.4, 0.5) is 0 Å². The van der Waals surface area contributed by atoms with Gasteiger partial charge >= 0.3 is 0 Å². The minimum absolute atomic E-state index is 0. The van der Waals surface area contributed by atoms with E-state index in [1.807, 2.05) is 7.05 Å². The monoisotopic (exact) mass is 468 g/mol. The third-order valence-electron chi connectivity index (χ3n) is 5.21. The molecule has 0 radical (unpaired) electrons. The molecule has 0 spiro atoms. The van der Waals surface area contributed by atoms with Gasteiger partial charge in [-0.3, -0.25) is 9.89 Å². The third kappa shape index (κ3) is 7.56.